The minimum atomic E-state index is 0.529. The second-order valence-corrected chi connectivity index (χ2v) is 4.70. The Bertz CT molecular complexity index is 710. The Morgan fingerprint density at radius 2 is 1.58 bits per heavy atom. The lowest BCUT2D eigenvalue weighted by Gasteiger charge is -2.11. The molecule has 3 N–H and O–H groups in total. The van der Waals surface area contributed by atoms with Gasteiger partial charge in [0.05, 0.1) is 40.3 Å². The quantitative estimate of drug-likeness (QED) is 0.831. The topological polar surface area (TPSA) is 85.6 Å². The maximum Gasteiger partial charge on any atom is 0.0992 e. The fourth-order valence-electron chi connectivity index (χ4n) is 1.57. The van der Waals surface area contributed by atoms with Gasteiger partial charge >= 0.3 is 0 Å². The highest BCUT2D eigenvalue weighted by molar-refractivity contribution is 9.10. The maximum atomic E-state index is 8.88. The van der Waals surface area contributed by atoms with Crippen molar-refractivity contribution in [3.63, 3.8) is 0 Å². The second kappa shape index (κ2) is 5.43. The molecule has 19 heavy (non-hydrogen) atoms. The highest BCUT2D eigenvalue weighted by atomic mass is 79.9. The monoisotopic (exact) mass is 312 g/mol. The molecule has 0 amide bonds. The van der Waals surface area contributed by atoms with E-state index in [-0.39, 0.29) is 0 Å². The normalized spacial score (nSPS) is 9.42. The van der Waals surface area contributed by atoms with E-state index in [0.29, 0.717) is 22.5 Å². The summed E-state index contributed by atoms with van der Waals surface area (Å²) in [6, 6.07) is 14.3. The molecule has 0 aliphatic rings. The number of rotatable bonds is 2. The van der Waals surface area contributed by atoms with E-state index < -0.39 is 0 Å². The Hall–Kier alpha value is -2.50. The third-order valence-electron chi connectivity index (χ3n) is 2.55. The van der Waals surface area contributed by atoms with Crippen molar-refractivity contribution in [1.29, 1.82) is 10.5 Å². The first kappa shape index (κ1) is 12.9. The van der Waals surface area contributed by atoms with Crippen LogP contribution in [0.4, 0.5) is 17.1 Å². The minimum absolute atomic E-state index is 0.529. The van der Waals surface area contributed by atoms with E-state index in [1.54, 1.807) is 36.4 Å². The molecule has 0 fully saturated rings. The van der Waals surface area contributed by atoms with Crippen molar-refractivity contribution >= 4 is 33.0 Å². The number of halogens is 1. The van der Waals surface area contributed by atoms with Crippen molar-refractivity contribution in [2.75, 3.05) is 11.1 Å². The molecule has 2 aromatic carbocycles. The summed E-state index contributed by atoms with van der Waals surface area (Å²) in [6.07, 6.45) is 0. The van der Waals surface area contributed by atoms with Gasteiger partial charge in [-0.25, -0.2) is 0 Å². The smallest absolute Gasteiger partial charge is 0.0992 e. The predicted molar refractivity (Wildman–Crippen MR) is 77.7 cm³/mol. The largest absolute Gasteiger partial charge is 0.397 e. The number of hydrogen-bond donors (Lipinski definition) is 2. The van der Waals surface area contributed by atoms with E-state index in [1.807, 2.05) is 0 Å². The number of nitriles is 2. The Labute approximate surface area is 119 Å². The van der Waals surface area contributed by atoms with Gasteiger partial charge < -0.3 is 11.1 Å². The predicted octanol–water partition coefficient (Wildman–Crippen LogP) is 3.52. The standard InChI is InChI=1S/C14H9BrN4/c15-11-5-9(7-16)2-4-13(11)19-14-6-10(8-17)1-3-12(14)18/h1-6,19H,18H2. The number of anilines is 3. The van der Waals surface area contributed by atoms with Gasteiger partial charge in [-0.3, -0.25) is 0 Å². The van der Waals surface area contributed by atoms with Crippen LogP contribution in [-0.2, 0) is 0 Å². The molecule has 0 bridgehead atoms. The first-order chi connectivity index (χ1) is 9.13. The molecular weight excluding hydrogens is 304 g/mol. The first-order valence-electron chi connectivity index (χ1n) is 5.40. The van der Waals surface area contributed by atoms with Crippen LogP contribution < -0.4 is 11.1 Å². The van der Waals surface area contributed by atoms with Gasteiger partial charge in [0, 0.05) is 4.47 Å². The van der Waals surface area contributed by atoms with Crippen LogP contribution in [0.1, 0.15) is 11.1 Å². The van der Waals surface area contributed by atoms with E-state index in [2.05, 4.69) is 33.4 Å². The van der Waals surface area contributed by atoms with E-state index in [1.165, 1.54) is 0 Å². The van der Waals surface area contributed by atoms with E-state index in [9.17, 15) is 0 Å². The van der Waals surface area contributed by atoms with E-state index in [0.717, 1.165) is 10.2 Å². The fourth-order valence-corrected chi connectivity index (χ4v) is 2.04. The molecule has 4 nitrogen and oxygen atoms in total. The van der Waals surface area contributed by atoms with Crippen molar-refractivity contribution < 1.29 is 0 Å². The minimum Gasteiger partial charge on any atom is -0.397 e. The first-order valence-corrected chi connectivity index (χ1v) is 6.19. The highest BCUT2D eigenvalue weighted by Gasteiger charge is 2.05. The Balaban J connectivity index is 2.37. The number of nitrogen functional groups attached to an aromatic ring is 1. The number of hydrogen-bond acceptors (Lipinski definition) is 4. The Kier molecular flexibility index (Phi) is 3.70. The molecule has 2 rings (SSSR count). The lowest BCUT2D eigenvalue weighted by atomic mass is 10.1. The lowest BCUT2D eigenvalue weighted by Crippen LogP contribution is -1.97. The summed E-state index contributed by atoms with van der Waals surface area (Å²) in [7, 11) is 0. The van der Waals surface area contributed by atoms with Gasteiger partial charge in [0.25, 0.3) is 0 Å². The second-order valence-electron chi connectivity index (χ2n) is 3.85. The van der Waals surface area contributed by atoms with Crippen LogP contribution in [0.3, 0.4) is 0 Å². The molecule has 0 heterocycles. The molecular formula is C14H9BrN4. The summed E-state index contributed by atoms with van der Waals surface area (Å²) < 4.78 is 0.758. The van der Waals surface area contributed by atoms with Crippen LogP contribution in [0, 0.1) is 22.7 Å². The zero-order valence-corrected chi connectivity index (χ0v) is 11.4. The van der Waals surface area contributed by atoms with Crippen LogP contribution in [0.25, 0.3) is 0 Å². The molecule has 0 unspecified atom stereocenters. The summed E-state index contributed by atoms with van der Waals surface area (Å²) in [5, 5.41) is 20.8. The van der Waals surface area contributed by atoms with Crippen molar-refractivity contribution in [1.82, 2.24) is 0 Å². The van der Waals surface area contributed by atoms with Gasteiger partial charge in [0.15, 0.2) is 0 Å². The highest BCUT2D eigenvalue weighted by Crippen LogP contribution is 2.29. The van der Waals surface area contributed by atoms with Crippen molar-refractivity contribution in [2.45, 2.75) is 0 Å². The molecule has 0 atom stereocenters. The van der Waals surface area contributed by atoms with Gasteiger partial charge in [-0.2, -0.15) is 10.5 Å². The number of nitrogens with zero attached hydrogens (tertiary/aromatic N) is 2. The zero-order valence-electron chi connectivity index (χ0n) is 9.81. The van der Waals surface area contributed by atoms with Crippen LogP contribution in [0.2, 0.25) is 0 Å². The third kappa shape index (κ3) is 2.85. The van der Waals surface area contributed by atoms with Gasteiger partial charge in [-0.05, 0) is 52.3 Å². The van der Waals surface area contributed by atoms with Crippen molar-refractivity contribution in [3.05, 3.63) is 52.0 Å². The van der Waals surface area contributed by atoms with Gasteiger partial charge in [-0.15, -0.1) is 0 Å². The molecule has 0 spiro atoms. The van der Waals surface area contributed by atoms with Crippen LogP contribution in [0.15, 0.2) is 40.9 Å². The summed E-state index contributed by atoms with van der Waals surface area (Å²) in [5.41, 5.74) is 8.94. The molecule has 0 saturated carbocycles. The van der Waals surface area contributed by atoms with Gasteiger partial charge in [-0.1, -0.05) is 0 Å². The van der Waals surface area contributed by atoms with Crippen molar-refractivity contribution in [2.24, 2.45) is 0 Å². The molecule has 0 radical (unpaired) electrons. The molecule has 92 valence electrons. The Morgan fingerprint density at radius 1 is 0.947 bits per heavy atom. The summed E-state index contributed by atoms with van der Waals surface area (Å²) >= 11 is 3.39. The summed E-state index contributed by atoms with van der Waals surface area (Å²) in [4.78, 5) is 0. The fraction of sp³-hybridized carbons (Fsp3) is 0. The average Bonchev–Trinajstić information content (AvgIpc) is 2.43. The van der Waals surface area contributed by atoms with Crippen LogP contribution >= 0.6 is 15.9 Å². The zero-order chi connectivity index (χ0) is 13.8. The van der Waals surface area contributed by atoms with E-state index >= 15 is 0 Å². The van der Waals surface area contributed by atoms with Gasteiger partial charge in [0.1, 0.15) is 0 Å². The van der Waals surface area contributed by atoms with Crippen LogP contribution in [-0.4, -0.2) is 0 Å². The Morgan fingerprint density at radius 3 is 2.21 bits per heavy atom. The number of nitrogens with one attached hydrogen (secondary N) is 1. The van der Waals surface area contributed by atoms with E-state index in [4.69, 9.17) is 16.3 Å². The molecule has 0 aromatic heterocycles. The van der Waals surface area contributed by atoms with Crippen molar-refractivity contribution in [3.8, 4) is 12.1 Å². The molecule has 0 saturated heterocycles. The average molecular weight is 313 g/mol. The van der Waals surface area contributed by atoms with Crippen LogP contribution in [0.5, 0.6) is 0 Å². The maximum absolute atomic E-state index is 8.88. The number of nitrogens with two attached hydrogens (primary N) is 1. The molecule has 2 aromatic rings. The molecule has 5 heteroatoms. The molecule has 0 aliphatic heterocycles. The summed E-state index contributed by atoms with van der Waals surface area (Å²) in [6.45, 7) is 0. The number of benzene rings is 2. The molecule has 0 aliphatic carbocycles. The third-order valence-corrected chi connectivity index (χ3v) is 3.21. The lowest BCUT2D eigenvalue weighted by molar-refractivity contribution is 1.45. The SMILES string of the molecule is N#Cc1ccc(Nc2cc(C#N)ccc2N)c(Br)c1. The summed E-state index contributed by atoms with van der Waals surface area (Å²) in [5.74, 6) is 0. The van der Waals surface area contributed by atoms with Gasteiger partial charge in [0.2, 0.25) is 0 Å².